The maximum atomic E-state index is 11.8. The Kier molecular flexibility index (Phi) is 10.2. The zero-order valence-corrected chi connectivity index (χ0v) is 22.3. The second-order valence-electron chi connectivity index (χ2n) is 8.82. The molecule has 3 heterocycles. The molecule has 3 N–H and O–H groups in total. The van der Waals surface area contributed by atoms with E-state index in [-0.39, 0.29) is 18.1 Å². The number of aromatic nitrogens is 3. The lowest BCUT2D eigenvalue weighted by atomic mass is 10.1. The molecule has 0 saturated carbocycles. The number of unbranched alkanes of at least 4 members (excludes halogenated alkanes) is 1. The smallest absolute Gasteiger partial charge is 0.326 e. The number of carboxylic acids is 1. The highest BCUT2D eigenvalue weighted by Gasteiger charge is 2.20. The number of nitrogens with zero attached hydrogens (tertiary/aromatic N) is 4. The Morgan fingerprint density at radius 2 is 2.00 bits per heavy atom. The summed E-state index contributed by atoms with van der Waals surface area (Å²) in [4.78, 5) is 26.7. The van der Waals surface area contributed by atoms with Crippen molar-refractivity contribution in [3.05, 3.63) is 40.3 Å². The van der Waals surface area contributed by atoms with Gasteiger partial charge in [0.1, 0.15) is 21.7 Å². The minimum absolute atomic E-state index is 0.0338. The Bertz CT molecular complexity index is 1080. The molecule has 1 atom stereocenters. The van der Waals surface area contributed by atoms with Crippen LogP contribution >= 0.6 is 15.9 Å². The third-order valence-corrected chi connectivity index (χ3v) is 7.18. The molecule has 0 spiro atoms. The van der Waals surface area contributed by atoms with Crippen molar-refractivity contribution in [2.45, 2.75) is 44.6 Å². The van der Waals surface area contributed by atoms with Gasteiger partial charge in [-0.1, -0.05) is 6.07 Å². The molecule has 1 aliphatic rings. The number of rotatable bonds is 14. The molecule has 3 rings (SSSR count). The molecule has 0 saturated heterocycles. The van der Waals surface area contributed by atoms with Crippen molar-refractivity contribution in [1.29, 1.82) is 0 Å². The van der Waals surface area contributed by atoms with Crippen LogP contribution in [-0.4, -0.2) is 83.6 Å². The fourth-order valence-electron chi connectivity index (χ4n) is 3.89. The van der Waals surface area contributed by atoms with Crippen LogP contribution < -0.4 is 10.6 Å². The standard InChI is InChI=1S/C23H33BrN6O4S/c1-35(33,34)14-13-30(12-9-20(22(31)32)29-23-26-15-18(24)16-27-23)11-3-2-6-19-8-7-17-5-4-10-25-21(17)28-19/h7-8,15-16,20H,2-6,9-14H2,1H3,(H,25,28)(H,31,32)(H,26,27,29). The number of nitrogens with one attached hydrogen (secondary N) is 2. The number of carboxylic acid groups (broad SMARTS) is 1. The maximum Gasteiger partial charge on any atom is 0.326 e. The van der Waals surface area contributed by atoms with E-state index in [1.807, 2.05) is 4.90 Å². The molecular formula is C23H33BrN6O4S. The van der Waals surface area contributed by atoms with E-state index in [0.717, 1.165) is 50.2 Å². The highest BCUT2D eigenvalue weighted by atomic mass is 79.9. The summed E-state index contributed by atoms with van der Waals surface area (Å²) >= 11 is 3.25. The number of hydrogen-bond donors (Lipinski definition) is 3. The van der Waals surface area contributed by atoms with Gasteiger partial charge in [0, 0.05) is 44.0 Å². The van der Waals surface area contributed by atoms with Gasteiger partial charge >= 0.3 is 5.97 Å². The van der Waals surface area contributed by atoms with Gasteiger partial charge < -0.3 is 20.6 Å². The maximum absolute atomic E-state index is 11.8. The lowest BCUT2D eigenvalue weighted by Crippen LogP contribution is -2.37. The summed E-state index contributed by atoms with van der Waals surface area (Å²) in [6.45, 7) is 2.44. The number of anilines is 2. The zero-order valence-electron chi connectivity index (χ0n) is 19.9. The average Bonchev–Trinajstić information content (AvgIpc) is 2.82. The summed E-state index contributed by atoms with van der Waals surface area (Å²) < 4.78 is 24.1. The lowest BCUT2D eigenvalue weighted by Gasteiger charge is -2.24. The number of aryl methyl sites for hydroxylation is 2. The molecule has 0 aromatic carbocycles. The predicted molar refractivity (Wildman–Crippen MR) is 140 cm³/mol. The van der Waals surface area contributed by atoms with Crippen molar-refractivity contribution in [2.75, 3.05) is 48.8 Å². The SMILES string of the molecule is CS(=O)(=O)CCN(CCCCc1ccc2c(n1)NCCC2)CCC(Nc1ncc(Br)cn1)C(=O)O. The van der Waals surface area contributed by atoms with Crippen molar-refractivity contribution in [2.24, 2.45) is 0 Å². The molecule has 35 heavy (non-hydrogen) atoms. The molecule has 10 nitrogen and oxygen atoms in total. The second kappa shape index (κ2) is 13.1. The first kappa shape index (κ1) is 27.3. The third-order valence-electron chi connectivity index (χ3n) is 5.84. The number of halogens is 1. The summed E-state index contributed by atoms with van der Waals surface area (Å²) in [5.41, 5.74) is 2.31. The largest absolute Gasteiger partial charge is 0.480 e. The quantitative estimate of drug-likeness (QED) is 0.291. The van der Waals surface area contributed by atoms with E-state index in [2.05, 4.69) is 48.7 Å². The van der Waals surface area contributed by atoms with Crippen molar-refractivity contribution < 1.29 is 18.3 Å². The van der Waals surface area contributed by atoms with Gasteiger partial charge in [0.25, 0.3) is 0 Å². The van der Waals surface area contributed by atoms with E-state index in [0.29, 0.717) is 24.1 Å². The van der Waals surface area contributed by atoms with Crippen LogP contribution in [0.1, 0.15) is 36.9 Å². The number of carbonyl (C=O) groups is 1. The lowest BCUT2D eigenvalue weighted by molar-refractivity contribution is -0.138. The fraction of sp³-hybridized carbons (Fsp3) is 0.565. The van der Waals surface area contributed by atoms with Crippen molar-refractivity contribution in [1.82, 2.24) is 19.9 Å². The highest BCUT2D eigenvalue weighted by molar-refractivity contribution is 9.10. The summed E-state index contributed by atoms with van der Waals surface area (Å²) in [6, 6.07) is 3.35. The Morgan fingerprint density at radius 3 is 2.71 bits per heavy atom. The van der Waals surface area contributed by atoms with E-state index in [1.54, 1.807) is 12.4 Å². The number of pyridine rings is 1. The molecule has 2 aromatic heterocycles. The minimum Gasteiger partial charge on any atom is -0.480 e. The van der Waals surface area contributed by atoms with E-state index in [4.69, 9.17) is 4.98 Å². The van der Waals surface area contributed by atoms with Gasteiger partial charge in [-0.2, -0.15) is 0 Å². The Hall–Kier alpha value is -2.31. The molecule has 1 unspecified atom stereocenters. The van der Waals surface area contributed by atoms with Gasteiger partial charge in [-0.25, -0.2) is 28.2 Å². The number of fused-ring (bicyclic) bond motifs is 1. The molecule has 192 valence electrons. The van der Waals surface area contributed by atoms with E-state index in [1.165, 1.54) is 11.8 Å². The van der Waals surface area contributed by atoms with Gasteiger partial charge in [-0.3, -0.25) is 0 Å². The average molecular weight is 570 g/mol. The highest BCUT2D eigenvalue weighted by Crippen LogP contribution is 2.20. The first-order valence-electron chi connectivity index (χ1n) is 11.8. The number of hydrogen-bond acceptors (Lipinski definition) is 9. The minimum atomic E-state index is -3.12. The number of aliphatic carboxylic acids is 1. The molecule has 0 amide bonds. The van der Waals surface area contributed by atoms with Crippen molar-refractivity contribution in [3.63, 3.8) is 0 Å². The fourth-order valence-corrected chi connectivity index (χ4v) is 4.69. The Balaban J connectivity index is 1.51. The second-order valence-corrected chi connectivity index (χ2v) is 12.0. The molecular weight excluding hydrogens is 536 g/mol. The van der Waals surface area contributed by atoms with E-state index >= 15 is 0 Å². The van der Waals surface area contributed by atoms with Crippen LogP contribution in [0.3, 0.4) is 0 Å². The predicted octanol–water partition coefficient (Wildman–Crippen LogP) is 2.62. The number of sulfone groups is 1. The first-order chi connectivity index (χ1) is 16.7. The van der Waals surface area contributed by atoms with Gasteiger partial charge in [-0.15, -0.1) is 0 Å². The molecule has 0 bridgehead atoms. The Labute approximate surface area is 215 Å². The molecule has 2 aromatic rings. The molecule has 0 radical (unpaired) electrons. The molecule has 12 heteroatoms. The van der Waals surface area contributed by atoms with E-state index < -0.39 is 21.8 Å². The summed E-state index contributed by atoms with van der Waals surface area (Å²) in [5, 5.41) is 15.8. The van der Waals surface area contributed by atoms with Crippen LogP contribution in [0.2, 0.25) is 0 Å². The topological polar surface area (TPSA) is 137 Å². The van der Waals surface area contributed by atoms with E-state index in [9.17, 15) is 18.3 Å². The monoisotopic (exact) mass is 568 g/mol. The first-order valence-corrected chi connectivity index (χ1v) is 14.6. The Morgan fingerprint density at radius 1 is 1.23 bits per heavy atom. The molecule has 1 aliphatic heterocycles. The van der Waals surface area contributed by atoms with Crippen LogP contribution in [-0.2, 0) is 27.5 Å². The van der Waals surface area contributed by atoms with Gasteiger partial charge in [-0.05, 0) is 72.6 Å². The summed E-state index contributed by atoms with van der Waals surface area (Å²) in [5.74, 6) is 0.249. The molecule has 0 aliphatic carbocycles. The summed E-state index contributed by atoms with van der Waals surface area (Å²) in [7, 11) is -3.12. The van der Waals surface area contributed by atoms with Crippen LogP contribution in [0, 0.1) is 0 Å². The third kappa shape index (κ3) is 9.69. The summed E-state index contributed by atoms with van der Waals surface area (Å²) in [6.07, 6.45) is 9.39. The van der Waals surface area contributed by atoms with Crippen LogP contribution in [0.4, 0.5) is 11.8 Å². The van der Waals surface area contributed by atoms with Gasteiger partial charge in [0.2, 0.25) is 5.95 Å². The van der Waals surface area contributed by atoms with Gasteiger partial charge in [0.15, 0.2) is 0 Å². The van der Waals surface area contributed by atoms with Gasteiger partial charge in [0.05, 0.1) is 10.2 Å². The van der Waals surface area contributed by atoms with Crippen LogP contribution in [0.25, 0.3) is 0 Å². The van der Waals surface area contributed by atoms with Crippen LogP contribution in [0.5, 0.6) is 0 Å². The van der Waals surface area contributed by atoms with Crippen molar-refractivity contribution >= 4 is 43.5 Å². The normalized spacial score (nSPS) is 14.3. The van der Waals surface area contributed by atoms with Crippen LogP contribution in [0.15, 0.2) is 29.0 Å². The molecule has 0 fully saturated rings. The zero-order chi connectivity index (χ0) is 25.3. The van der Waals surface area contributed by atoms with Crippen molar-refractivity contribution in [3.8, 4) is 0 Å².